The van der Waals surface area contributed by atoms with Crippen LogP contribution in [0, 0.1) is 12.8 Å². The molecule has 0 spiro atoms. The van der Waals surface area contributed by atoms with Crippen LogP contribution in [0.4, 0.5) is 0 Å². The van der Waals surface area contributed by atoms with Gasteiger partial charge in [0.1, 0.15) is 5.75 Å². The number of ketones is 1. The van der Waals surface area contributed by atoms with E-state index in [2.05, 4.69) is 0 Å². The third kappa shape index (κ3) is 2.83. The Morgan fingerprint density at radius 3 is 2.69 bits per heavy atom. The molecule has 3 nitrogen and oxygen atoms in total. The van der Waals surface area contributed by atoms with Gasteiger partial charge >= 0.3 is 0 Å². The largest absolute Gasteiger partial charge is 0.496 e. The molecule has 0 radical (unpaired) electrons. The molecule has 1 rings (SSSR count). The molecule has 0 amide bonds. The van der Waals surface area contributed by atoms with Crippen molar-refractivity contribution >= 4 is 5.78 Å². The number of rotatable bonds is 5. The predicted octanol–water partition coefficient (Wildman–Crippen LogP) is 2.17. The Bertz CT molecular complexity index is 374. The summed E-state index contributed by atoms with van der Waals surface area (Å²) in [6, 6.07) is 5.51. The first-order valence-corrected chi connectivity index (χ1v) is 5.49. The second-order valence-electron chi connectivity index (χ2n) is 4.03. The molecule has 88 valence electrons. The van der Waals surface area contributed by atoms with Crippen LogP contribution >= 0.6 is 0 Å². The van der Waals surface area contributed by atoms with Gasteiger partial charge in [0, 0.05) is 11.5 Å². The zero-order valence-corrected chi connectivity index (χ0v) is 10.1. The van der Waals surface area contributed by atoms with E-state index in [4.69, 9.17) is 10.5 Å². The minimum atomic E-state index is -0.0159. The molecule has 16 heavy (non-hydrogen) atoms. The lowest BCUT2D eigenvalue weighted by Crippen LogP contribution is -2.15. The molecule has 0 fully saturated rings. The number of methoxy groups -OCH3 is 1. The summed E-state index contributed by atoms with van der Waals surface area (Å²) in [6.07, 6.45) is 0.726. The molecule has 0 saturated carbocycles. The summed E-state index contributed by atoms with van der Waals surface area (Å²) in [5.74, 6) is 0.942. The highest BCUT2D eigenvalue weighted by Crippen LogP contribution is 2.20. The van der Waals surface area contributed by atoms with Gasteiger partial charge in [0.15, 0.2) is 5.78 Å². The van der Waals surface area contributed by atoms with Gasteiger partial charge in [-0.05, 0) is 43.7 Å². The van der Waals surface area contributed by atoms with Crippen molar-refractivity contribution in [2.24, 2.45) is 11.7 Å². The zero-order chi connectivity index (χ0) is 12.1. The van der Waals surface area contributed by atoms with Gasteiger partial charge in [-0.3, -0.25) is 4.79 Å². The van der Waals surface area contributed by atoms with Crippen LogP contribution in [0.5, 0.6) is 5.75 Å². The van der Waals surface area contributed by atoms with Crippen molar-refractivity contribution in [3.05, 3.63) is 29.3 Å². The van der Waals surface area contributed by atoms with E-state index < -0.39 is 0 Å². The summed E-state index contributed by atoms with van der Waals surface area (Å²) < 4.78 is 5.16. The van der Waals surface area contributed by atoms with E-state index in [1.807, 2.05) is 26.0 Å². The Morgan fingerprint density at radius 2 is 2.19 bits per heavy atom. The van der Waals surface area contributed by atoms with Crippen LogP contribution in [0.25, 0.3) is 0 Å². The van der Waals surface area contributed by atoms with E-state index >= 15 is 0 Å². The number of benzene rings is 1. The summed E-state index contributed by atoms with van der Waals surface area (Å²) in [5.41, 5.74) is 7.16. The van der Waals surface area contributed by atoms with Crippen LogP contribution in [0.2, 0.25) is 0 Å². The zero-order valence-electron chi connectivity index (χ0n) is 10.1. The monoisotopic (exact) mass is 221 g/mol. The molecular weight excluding hydrogens is 202 g/mol. The third-order valence-electron chi connectivity index (χ3n) is 2.73. The summed E-state index contributed by atoms with van der Waals surface area (Å²) in [7, 11) is 1.63. The Morgan fingerprint density at radius 1 is 1.50 bits per heavy atom. The highest BCUT2D eigenvalue weighted by atomic mass is 16.5. The number of carbonyl (C=O) groups is 1. The van der Waals surface area contributed by atoms with Crippen LogP contribution < -0.4 is 10.5 Å². The quantitative estimate of drug-likeness (QED) is 0.775. The van der Waals surface area contributed by atoms with E-state index in [0.29, 0.717) is 6.54 Å². The highest BCUT2D eigenvalue weighted by molar-refractivity contribution is 5.97. The number of aryl methyl sites for hydroxylation is 1. The number of hydrogen-bond acceptors (Lipinski definition) is 3. The fraction of sp³-hybridized carbons (Fsp3) is 0.462. The van der Waals surface area contributed by atoms with Crippen molar-refractivity contribution in [3.8, 4) is 5.75 Å². The molecule has 3 heteroatoms. The Labute approximate surface area is 96.6 Å². The molecule has 0 aliphatic rings. The molecule has 0 saturated heterocycles. The molecule has 0 bridgehead atoms. The minimum absolute atomic E-state index is 0.0159. The molecule has 1 aromatic carbocycles. The van der Waals surface area contributed by atoms with Gasteiger partial charge in [0.05, 0.1) is 7.11 Å². The fourth-order valence-corrected chi connectivity index (χ4v) is 1.70. The van der Waals surface area contributed by atoms with E-state index in [9.17, 15) is 4.79 Å². The summed E-state index contributed by atoms with van der Waals surface area (Å²) in [4.78, 5) is 12.0. The van der Waals surface area contributed by atoms with Crippen molar-refractivity contribution in [3.63, 3.8) is 0 Å². The van der Waals surface area contributed by atoms with E-state index in [0.717, 1.165) is 23.3 Å². The van der Waals surface area contributed by atoms with Gasteiger partial charge < -0.3 is 10.5 Å². The van der Waals surface area contributed by atoms with Gasteiger partial charge in [-0.1, -0.05) is 6.92 Å². The van der Waals surface area contributed by atoms with Crippen LogP contribution in [0.15, 0.2) is 18.2 Å². The third-order valence-corrected chi connectivity index (χ3v) is 2.73. The van der Waals surface area contributed by atoms with E-state index in [1.165, 1.54) is 0 Å². The molecule has 0 aliphatic heterocycles. The predicted molar refractivity (Wildman–Crippen MR) is 64.9 cm³/mol. The maximum atomic E-state index is 12.0. The first-order chi connectivity index (χ1) is 7.60. The highest BCUT2D eigenvalue weighted by Gasteiger charge is 2.15. The number of Topliss-reactive ketones (excluding diaryl/α,β-unsaturated/α-hetero) is 1. The Hall–Kier alpha value is -1.35. The number of ether oxygens (including phenoxy) is 1. The maximum Gasteiger partial charge on any atom is 0.165 e. The maximum absolute atomic E-state index is 12.0. The second-order valence-corrected chi connectivity index (χ2v) is 4.03. The van der Waals surface area contributed by atoms with Gasteiger partial charge in [0.25, 0.3) is 0 Å². The van der Waals surface area contributed by atoms with Crippen LogP contribution in [-0.2, 0) is 0 Å². The molecule has 0 aromatic heterocycles. The standard InChI is InChI=1S/C13H19NO2/c1-9(6-7-14)13(15)11-4-5-12(16-3)10(2)8-11/h4-5,8-9H,6-7,14H2,1-3H3. The normalized spacial score (nSPS) is 12.2. The molecule has 0 heterocycles. The van der Waals surface area contributed by atoms with Crippen molar-refractivity contribution in [1.82, 2.24) is 0 Å². The smallest absolute Gasteiger partial charge is 0.165 e. The lowest BCUT2D eigenvalue weighted by molar-refractivity contribution is 0.0925. The number of carbonyl (C=O) groups excluding carboxylic acids is 1. The topological polar surface area (TPSA) is 52.3 Å². The van der Waals surface area contributed by atoms with E-state index in [1.54, 1.807) is 13.2 Å². The SMILES string of the molecule is COc1ccc(C(=O)C(C)CCN)cc1C. The van der Waals surface area contributed by atoms with Gasteiger partial charge in [-0.25, -0.2) is 0 Å². The molecule has 1 unspecified atom stereocenters. The molecule has 2 N–H and O–H groups in total. The molecule has 0 aliphatic carbocycles. The first-order valence-electron chi connectivity index (χ1n) is 5.49. The van der Waals surface area contributed by atoms with Crippen molar-refractivity contribution in [2.75, 3.05) is 13.7 Å². The van der Waals surface area contributed by atoms with E-state index in [-0.39, 0.29) is 11.7 Å². The summed E-state index contributed by atoms with van der Waals surface area (Å²) in [5, 5.41) is 0. The van der Waals surface area contributed by atoms with Gasteiger partial charge in [0.2, 0.25) is 0 Å². The number of hydrogen-bond donors (Lipinski definition) is 1. The van der Waals surface area contributed by atoms with Crippen molar-refractivity contribution in [1.29, 1.82) is 0 Å². The average molecular weight is 221 g/mol. The summed E-state index contributed by atoms with van der Waals surface area (Å²) >= 11 is 0. The van der Waals surface area contributed by atoms with Crippen LogP contribution in [0.3, 0.4) is 0 Å². The molecule has 1 aromatic rings. The Kier molecular flexibility index (Phi) is 4.50. The Balaban J connectivity index is 2.88. The fourth-order valence-electron chi connectivity index (χ4n) is 1.70. The second kappa shape index (κ2) is 5.66. The van der Waals surface area contributed by atoms with Crippen molar-refractivity contribution < 1.29 is 9.53 Å². The van der Waals surface area contributed by atoms with Gasteiger partial charge in [-0.2, -0.15) is 0 Å². The lowest BCUT2D eigenvalue weighted by atomic mass is 9.95. The minimum Gasteiger partial charge on any atom is -0.496 e. The van der Waals surface area contributed by atoms with Crippen molar-refractivity contribution in [2.45, 2.75) is 20.3 Å². The van der Waals surface area contributed by atoms with Gasteiger partial charge in [-0.15, -0.1) is 0 Å². The van der Waals surface area contributed by atoms with Crippen LogP contribution in [0.1, 0.15) is 29.3 Å². The summed E-state index contributed by atoms with van der Waals surface area (Å²) in [6.45, 7) is 4.39. The molecule has 1 atom stereocenters. The van der Waals surface area contributed by atoms with Crippen LogP contribution in [-0.4, -0.2) is 19.4 Å². The number of nitrogens with two attached hydrogens (primary N) is 1. The first kappa shape index (κ1) is 12.7. The average Bonchev–Trinajstić information content (AvgIpc) is 2.28. The molecular formula is C13H19NO2. The lowest BCUT2D eigenvalue weighted by Gasteiger charge is -2.11.